The van der Waals surface area contributed by atoms with Crippen LogP contribution in [0.3, 0.4) is 0 Å². The lowest BCUT2D eigenvalue weighted by atomic mass is 9.99. The third-order valence-electron chi connectivity index (χ3n) is 7.40. The van der Waals surface area contributed by atoms with Crippen molar-refractivity contribution < 1.29 is 9.50 Å². The normalized spacial score (nSPS) is 19.5. The Hall–Kier alpha value is -3.52. The minimum Gasteiger partial charge on any atom is -0.394 e. The zero-order chi connectivity index (χ0) is 23.8. The number of nitrogens with zero attached hydrogens (tertiary/aromatic N) is 5. The summed E-state index contributed by atoms with van der Waals surface area (Å²) in [6, 6.07) is 16.8. The van der Waals surface area contributed by atoms with E-state index in [2.05, 4.69) is 15.2 Å². The maximum absolute atomic E-state index is 13.9. The second kappa shape index (κ2) is 8.92. The van der Waals surface area contributed by atoms with Crippen molar-refractivity contribution in [2.75, 3.05) is 23.4 Å². The maximum atomic E-state index is 13.9. The van der Waals surface area contributed by atoms with Crippen LogP contribution in [-0.2, 0) is 0 Å². The summed E-state index contributed by atoms with van der Waals surface area (Å²) in [5, 5.41) is 18.4. The number of benzene rings is 1. The molecular formula is C27H29FN6O. The number of imidazole rings is 1. The number of nitrogens with one attached hydrogen (secondary N) is 1. The van der Waals surface area contributed by atoms with Gasteiger partial charge in [-0.15, -0.1) is 5.10 Å². The van der Waals surface area contributed by atoms with Crippen LogP contribution in [0.25, 0.3) is 17.0 Å². The average molecular weight is 473 g/mol. The van der Waals surface area contributed by atoms with Crippen LogP contribution in [0.5, 0.6) is 0 Å². The molecule has 180 valence electrons. The molecule has 0 bridgehead atoms. The summed E-state index contributed by atoms with van der Waals surface area (Å²) in [5.41, 5.74) is 2.99. The summed E-state index contributed by atoms with van der Waals surface area (Å²) in [4.78, 5) is 11.6. The Morgan fingerprint density at radius 2 is 1.91 bits per heavy atom. The zero-order valence-corrected chi connectivity index (χ0v) is 19.6. The van der Waals surface area contributed by atoms with E-state index in [1.807, 2.05) is 40.9 Å². The highest BCUT2D eigenvalue weighted by atomic mass is 19.1. The molecule has 8 heteroatoms. The summed E-state index contributed by atoms with van der Waals surface area (Å²) < 4.78 is 15.7. The molecule has 4 aromatic rings. The summed E-state index contributed by atoms with van der Waals surface area (Å²) in [6.45, 7) is 0.965. The van der Waals surface area contributed by atoms with Gasteiger partial charge in [0.1, 0.15) is 23.1 Å². The zero-order valence-electron chi connectivity index (χ0n) is 19.6. The van der Waals surface area contributed by atoms with Gasteiger partial charge in [-0.3, -0.25) is 0 Å². The smallest absolute Gasteiger partial charge is 0.154 e. The monoisotopic (exact) mass is 472 g/mol. The number of aliphatic hydroxyl groups excluding tert-OH is 1. The molecule has 2 aliphatic rings. The number of hydrogen-bond donors (Lipinski definition) is 2. The third-order valence-corrected chi connectivity index (χ3v) is 7.40. The summed E-state index contributed by atoms with van der Waals surface area (Å²) in [6.07, 6.45) is 7.89. The topological polar surface area (TPSA) is 78.6 Å². The number of fused-ring (bicyclic) bond motifs is 1. The minimum atomic E-state index is -0.293. The molecule has 3 aromatic heterocycles. The van der Waals surface area contributed by atoms with E-state index in [0.717, 1.165) is 79.3 Å². The van der Waals surface area contributed by atoms with Crippen molar-refractivity contribution in [3.8, 4) is 11.4 Å². The van der Waals surface area contributed by atoms with Gasteiger partial charge >= 0.3 is 0 Å². The Balaban J connectivity index is 1.33. The van der Waals surface area contributed by atoms with Crippen molar-refractivity contribution in [2.24, 2.45) is 0 Å². The Bertz CT molecular complexity index is 1350. The number of aromatic nitrogens is 4. The second-order valence-electron chi connectivity index (χ2n) is 9.69. The molecule has 0 spiro atoms. The van der Waals surface area contributed by atoms with Crippen molar-refractivity contribution in [3.05, 3.63) is 72.2 Å². The van der Waals surface area contributed by atoms with Gasteiger partial charge in [0.2, 0.25) is 0 Å². The molecule has 1 aliphatic heterocycles. The molecule has 7 nitrogen and oxygen atoms in total. The Labute approximate surface area is 203 Å². The largest absolute Gasteiger partial charge is 0.394 e. The molecule has 0 radical (unpaired) electrons. The van der Waals surface area contributed by atoms with E-state index in [-0.39, 0.29) is 24.0 Å². The van der Waals surface area contributed by atoms with Gasteiger partial charge in [0, 0.05) is 6.54 Å². The van der Waals surface area contributed by atoms with Gasteiger partial charge in [0.05, 0.1) is 30.1 Å². The molecule has 1 aliphatic carbocycles. The van der Waals surface area contributed by atoms with Gasteiger partial charge in [0.15, 0.2) is 5.65 Å². The molecule has 1 saturated heterocycles. The highest BCUT2D eigenvalue weighted by Gasteiger charge is 2.33. The fraction of sp³-hybridized carbons (Fsp3) is 0.370. The highest BCUT2D eigenvalue weighted by molar-refractivity contribution is 5.62. The summed E-state index contributed by atoms with van der Waals surface area (Å²) in [7, 11) is 0. The molecule has 1 saturated carbocycles. The van der Waals surface area contributed by atoms with E-state index in [4.69, 9.17) is 10.1 Å². The van der Waals surface area contributed by atoms with Crippen molar-refractivity contribution in [2.45, 2.75) is 50.1 Å². The molecule has 35 heavy (non-hydrogen) atoms. The van der Waals surface area contributed by atoms with Crippen LogP contribution in [-0.4, -0.2) is 43.4 Å². The number of halogens is 1. The molecule has 6 rings (SSSR count). The fourth-order valence-electron chi connectivity index (χ4n) is 5.59. The van der Waals surface area contributed by atoms with Crippen molar-refractivity contribution in [1.82, 2.24) is 19.6 Å². The molecular weight excluding hydrogens is 443 g/mol. The van der Waals surface area contributed by atoms with E-state index in [1.54, 1.807) is 18.3 Å². The number of hydrogen-bond acceptors (Lipinski definition) is 6. The second-order valence-corrected chi connectivity index (χ2v) is 9.69. The first kappa shape index (κ1) is 22.0. The van der Waals surface area contributed by atoms with Crippen LogP contribution < -0.4 is 10.2 Å². The molecule has 2 fully saturated rings. The standard InChI is InChI=1S/C27H29FN6O/c28-20-7-3-6-19(16-20)22-9-5-15-33(22)26-12-11-25-29-17-23(34(25)32-26)21-8-4-10-24(30-21)31-27(18-35)13-1-2-14-27/h3-4,6-8,10-12,16-17,22,35H,1-2,5,9,13-15,18H2,(H,30,31). The lowest BCUT2D eigenvalue weighted by Gasteiger charge is -2.28. The van der Waals surface area contributed by atoms with Crippen LogP contribution in [0.15, 0.2) is 60.8 Å². The van der Waals surface area contributed by atoms with E-state index < -0.39 is 0 Å². The van der Waals surface area contributed by atoms with Crippen LogP contribution >= 0.6 is 0 Å². The number of rotatable bonds is 6. The molecule has 0 amide bonds. The van der Waals surface area contributed by atoms with E-state index in [0.29, 0.717) is 0 Å². The highest BCUT2D eigenvalue weighted by Crippen LogP contribution is 2.36. The molecule has 1 aromatic carbocycles. The van der Waals surface area contributed by atoms with Crippen LogP contribution in [0.1, 0.15) is 50.1 Å². The maximum Gasteiger partial charge on any atom is 0.154 e. The van der Waals surface area contributed by atoms with Gasteiger partial charge in [-0.1, -0.05) is 31.0 Å². The predicted octanol–water partition coefficient (Wildman–Crippen LogP) is 4.99. The Kier molecular flexibility index (Phi) is 5.60. The summed E-state index contributed by atoms with van der Waals surface area (Å²) in [5.74, 6) is 1.37. The van der Waals surface area contributed by atoms with Gasteiger partial charge in [0.25, 0.3) is 0 Å². The van der Waals surface area contributed by atoms with Crippen LogP contribution in [0.2, 0.25) is 0 Å². The Morgan fingerprint density at radius 3 is 2.74 bits per heavy atom. The predicted molar refractivity (Wildman–Crippen MR) is 134 cm³/mol. The van der Waals surface area contributed by atoms with Gasteiger partial charge in [-0.2, -0.15) is 0 Å². The van der Waals surface area contributed by atoms with E-state index in [9.17, 15) is 9.50 Å². The van der Waals surface area contributed by atoms with Crippen LogP contribution in [0.4, 0.5) is 16.0 Å². The number of pyridine rings is 1. The lowest BCUT2D eigenvalue weighted by molar-refractivity contribution is 0.214. The lowest BCUT2D eigenvalue weighted by Crippen LogP contribution is -2.39. The third kappa shape index (κ3) is 4.12. The fourth-order valence-corrected chi connectivity index (χ4v) is 5.59. The van der Waals surface area contributed by atoms with Crippen LogP contribution in [0, 0.1) is 5.82 Å². The average Bonchev–Trinajstić information content (AvgIpc) is 3.64. The van der Waals surface area contributed by atoms with E-state index >= 15 is 0 Å². The quantitative estimate of drug-likeness (QED) is 0.412. The van der Waals surface area contributed by atoms with E-state index in [1.165, 1.54) is 6.07 Å². The first-order valence-electron chi connectivity index (χ1n) is 12.4. The summed E-state index contributed by atoms with van der Waals surface area (Å²) >= 11 is 0. The first-order chi connectivity index (χ1) is 17.1. The van der Waals surface area contributed by atoms with Gasteiger partial charge in [-0.25, -0.2) is 18.9 Å². The van der Waals surface area contributed by atoms with Gasteiger partial charge in [-0.05, 0) is 67.6 Å². The van der Waals surface area contributed by atoms with Crippen molar-refractivity contribution >= 4 is 17.3 Å². The molecule has 4 heterocycles. The first-order valence-corrected chi connectivity index (χ1v) is 12.4. The van der Waals surface area contributed by atoms with Gasteiger partial charge < -0.3 is 15.3 Å². The molecule has 1 atom stereocenters. The minimum absolute atomic E-state index is 0.0920. The van der Waals surface area contributed by atoms with Crippen molar-refractivity contribution in [1.29, 1.82) is 0 Å². The molecule has 1 unspecified atom stereocenters. The van der Waals surface area contributed by atoms with Crippen molar-refractivity contribution in [3.63, 3.8) is 0 Å². The Morgan fingerprint density at radius 1 is 1.06 bits per heavy atom. The SMILES string of the molecule is OCC1(Nc2cccc(-c3cnc4ccc(N5CCCC5c5cccc(F)c5)nn34)n2)CCCC1. The number of aliphatic hydroxyl groups is 1. The number of anilines is 2. The molecule has 2 N–H and O–H groups in total.